The molecule has 1 aliphatic heterocycles. The van der Waals surface area contributed by atoms with Crippen LogP contribution < -0.4 is 0 Å². The van der Waals surface area contributed by atoms with Gasteiger partial charge in [0.05, 0.1) is 5.56 Å². The largest absolute Gasteiger partial charge is 0.458 e. The zero-order chi connectivity index (χ0) is 22.0. The molecule has 4 rings (SSSR count). The third-order valence-electron chi connectivity index (χ3n) is 5.63. The van der Waals surface area contributed by atoms with Crippen LogP contribution in [0.4, 0.5) is 13.2 Å². The molecule has 2 atom stereocenters. The van der Waals surface area contributed by atoms with Crippen LogP contribution in [-0.4, -0.2) is 11.4 Å². The molecule has 3 aromatic rings. The predicted molar refractivity (Wildman–Crippen MR) is 116 cm³/mol. The summed E-state index contributed by atoms with van der Waals surface area (Å²) in [6.07, 6.45) is -1.46. The number of allylic oxidation sites excluding steroid dienone is 1. The Balaban J connectivity index is 1.73. The fraction of sp³-hybridized carbons (Fsp3) is 0.308. The highest BCUT2D eigenvalue weighted by Gasteiger charge is 2.34. The van der Waals surface area contributed by atoms with Gasteiger partial charge in [0.2, 0.25) is 0 Å². The second-order valence-electron chi connectivity index (χ2n) is 8.01. The lowest BCUT2D eigenvalue weighted by Gasteiger charge is -2.39. The van der Waals surface area contributed by atoms with Crippen molar-refractivity contribution in [3.63, 3.8) is 0 Å². The summed E-state index contributed by atoms with van der Waals surface area (Å²) in [5, 5.41) is 1.00. The smallest absolute Gasteiger partial charge is 0.416 e. The minimum atomic E-state index is -4.34. The van der Waals surface area contributed by atoms with Gasteiger partial charge in [-0.05, 0) is 55.2 Å². The number of benzene rings is 2. The maximum absolute atomic E-state index is 13.0. The molecule has 0 unspecified atom stereocenters. The fourth-order valence-electron chi connectivity index (χ4n) is 4.16. The number of furan rings is 1. The van der Waals surface area contributed by atoms with Gasteiger partial charge in [0.25, 0.3) is 0 Å². The maximum atomic E-state index is 13.0. The van der Waals surface area contributed by atoms with E-state index >= 15 is 0 Å². The number of likely N-dealkylation sites (tertiary alicyclic amines) is 1. The molecule has 0 aliphatic carbocycles. The highest BCUT2D eigenvalue weighted by atomic mass is 19.4. The molecule has 0 spiro atoms. The Morgan fingerprint density at radius 2 is 1.87 bits per heavy atom. The molecule has 2 heterocycles. The van der Waals surface area contributed by atoms with Gasteiger partial charge >= 0.3 is 6.18 Å². The molecule has 0 radical (unpaired) electrons. The highest BCUT2D eigenvalue weighted by molar-refractivity contribution is 5.78. The van der Waals surface area contributed by atoms with Crippen molar-refractivity contribution >= 4 is 11.0 Å². The third-order valence-corrected chi connectivity index (χ3v) is 5.63. The van der Waals surface area contributed by atoms with Crippen molar-refractivity contribution in [2.75, 3.05) is 6.54 Å². The molecule has 31 heavy (non-hydrogen) atoms. The van der Waals surface area contributed by atoms with Gasteiger partial charge in [0.15, 0.2) is 0 Å². The molecule has 0 bridgehead atoms. The zero-order valence-corrected chi connectivity index (χ0v) is 17.4. The van der Waals surface area contributed by atoms with Crippen LogP contribution in [0.1, 0.15) is 55.2 Å². The number of fused-ring (bicyclic) bond motifs is 1. The average Bonchev–Trinajstić information content (AvgIpc) is 3.17. The van der Waals surface area contributed by atoms with Gasteiger partial charge in [-0.2, -0.15) is 13.2 Å². The highest BCUT2D eigenvalue weighted by Crippen LogP contribution is 2.39. The Morgan fingerprint density at radius 3 is 2.55 bits per heavy atom. The summed E-state index contributed by atoms with van der Waals surface area (Å²) < 4.78 is 45.2. The lowest BCUT2D eigenvalue weighted by Crippen LogP contribution is -2.36. The van der Waals surface area contributed by atoms with Crippen molar-refractivity contribution in [2.24, 2.45) is 0 Å². The van der Waals surface area contributed by atoms with E-state index in [9.17, 15) is 13.2 Å². The molecule has 0 amide bonds. The molecule has 0 saturated carbocycles. The van der Waals surface area contributed by atoms with E-state index in [1.807, 2.05) is 37.3 Å². The molecule has 5 heteroatoms. The SMILES string of the molecule is C=C(C)C#C[C@H](c1cc2ccccc2o1)N1CCCC[C@H]1c1ccc(C(F)(F)F)cc1. The molecule has 1 fully saturated rings. The van der Waals surface area contributed by atoms with Crippen LogP contribution in [0.15, 0.2) is 71.2 Å². The number of hydrogen-bond acceptors (Lipinski definition) is 2. The van der Waals surface area contributed by atoms with Crippen LogP contribution in [0.25, 0.3) is 11.0 Å². The van der Waals surface area contributed by atoms with Crippen LogP contribution in [-0.2, 0) is 6.18 Å². The predicted octanol–water partition coefficient (Wildman–Crippen LogP) is 7.30. The zero-order valence-electron chi connectivity index (χ0n) is 17.4. The van der Waals surface area contributed by atoms with Crippen molar-refractivity contribution in [3.8, 4) is 11.8 Å². The van der Waals surface area contributed by atoms with E-state index in [-0.39, 0.29) is 12.1 Å². The van der Waals surface area contributed by atoms with Crippen LogP contribution in [0.3, 0.4) is 0 Å². The van der Waals surface area contributed by atoms with Crippen LogP contribution >= 0.6 is 0 Å². The molecule has 1 saturated heterocycles. The normalized spacial score (nSPS) is 18.4. The first kappa shape index (κ1) is 21.3. The number of piperidine rings is 1. The number of rotatable bonds is 3. The van der Waals surface area contributed by atoms with Crippen LogP contribution in [0.5, 0.6) is 0 Å². The van der Waals surface area contributed by atoms with E-state index in [0.29, 0.717) is 0 Å². The second-order valence-corrected chi connectivity index (χ2v) is 8.01. The van der Waals surface area contributed by atoms with Crippen molar-refractivity contribution < 1.29 is 17.6 Å². The van der Waals surface area contributed by atoms with E-state index in [0.717, 1.165) is 65.8 Å². The van der Waals surface area contributed by atoms with Gasteiger partial charge in [-0.1, -0.05) is 55.2 Å². The summed E-state index contributed by atoms with van der Waals surface area (Å²) in [7, 11) is 0. The number of alkyl halides is 3. The Labute approximate surface area is 180 Å². The maximum Gasteiger partial charge on any atom is 0.416 e. The first-order valence-corrected chi connectivity index (χ1v) is 10.4. The molecule has 1 aromatic heterocycles. The van der Waals surface area contributed by atoms with E-state index in [4.69, 9.17) is 4.42 Å². The second kappa shape index (κ2) is 8.64. The van der Waals surface area contributed by atoms with Gasteiger partial charge in [0, 0.05) is 18.0 Å². The summed E-state index contributed by atoms with van der Waals surface area (Å²) in [6, 6.07) is 15.0. The Hall–Kier alpha value is -2.97. The van der Waals surface area contributed by atoms with Gasteiger partial charge in [-0.25, -0.2) is 0 Å². The summed E-state index contributed by atoms with van der Waals surface area (Å²) in [4.78, 5) is 2.25. The summed E-state index contributed by atoms with van der Waals surface area (Å²) in [5.41, 5.74) is 1.78. The molecule has 2 aromatic carbocycles. The van der Waals surface area contributed by atoms with E-state index in [1.54, 1.807) is 12.1 Å². The van der Waals surface area contributed by atoms with Crippen molar-refractivity contribution in [1.29, 1.82) is 0 Å². The molecule has 1 aliphatic rings. The minimum Gasteiger partial charge on any atom is -0.458 e. The summed E-state index contributed by atoms with van der Waals surface area (Å²) >= 11 is 0. The summed E-state index contributed by atoms with van der Waals surface area (Å²) in [6.45, 7) is 6.53. The van der Waals surface area contributed by atoms with Crippen molar-refractivity contribution in [2.45, 2.75) is 44.4 Å². The Kier molecular flexibility index (Phi) is 5.93. The van der Waals surface area contributed by atoms with Gasteiger partial charge in [0.1, 0.15) is 17.4 Å². The van der Waals surface area contributed by atoms with Crippen molar-refractivity contribution in [3.05, 3.63) is 83.6 Å². The molecule has 160 valence electrons. The monoisotopic (exact) mass is 423 g/mol. The molecule has 2 nitrogen and oxygen atoms in total. The Bertz CT molecular complexity index is 1100. The van der Waals surface area contributed by atoms with E-state index in [1.165, 1.54) is 0 Å². The molecular weight excluding hydrogens is 399 g/mol. The molecular formula is C26H24F3NO. The quantitative estimate of drug-likeness (QED) is 0.411. The lowest BCUT2D eigenvalue weighted by atomic mass is 9.92. The lowest BCUT2D eigenvalue weighted by molar-refractivity contribution is -0.137. The van der Waals surface area contributed by atoms with Crippen molar-refractivity contribution in [1.82, 2.24) is 4.90 Å². The first-order valence-electron chi connectivity index (χ1n) is 10.4. The van der Waals surface area contributed by atoms with Gasteiger partial charge in [-0.15, -0.1) is 0 Å². The molecule has 0 N–H and O–H groups in total. The topological polar surface area (TPSA) is 16.4 Å². The number of nitrogens with zero attached hydrogens (tertiary/aromatic N) is 1. The average molecular weight is 423 g/mol. The minimum absolute atomic E-state index is 0.0336. The number of hydrogen-bond donors (Lipinski definition) is 0. The number of halogens is 3. The third kappa shape index (κ3) is 4.70. The van der Waals surface area contributed by atoms with E-state index < -0.39 is 11.7 Å². The standard InChI is InChI=1S/C26H24F3NO/c1-18(2)10-15-23(25-17-20-7-3-4-9-24(20)31-25)30-16-6-5-8-22(30)19-11-13-21(14-12-19)26(27,28)29/h3-4,7,9,11-14,17,22-23H,1,5-6,8,16H2,2H3/t22-,23+/m0/s1. The van der Waals surface area contributed by atoms with Gasteiger partial charge in [-0.3, -0.25) is 4.90 Å². The summed E-state index contributed by atoms with van der Waals surface area (Å²) in [5.74, 6) is 7.14. The first-order chi connectivity index (χ1) is 14.8. The van der Waals surface area contributed by atoms with Crippen LogP contribution in [0, 0.1) is 11.8 Å². The van der Waals surface area contributed by atoms with Gasteiger partial charge < -0.3 is 4.42 Å². The fourth-order valence-corrected chi connectivity index (χ4v) is 4.16. The Morgan fingerprint density at radius 1 is 1.13 bits per heavy atom. The number of para-hydroxylation sites is 1. The van der Waals surface area contributed by atoms with E-state index in [2.05, 4.69) is 23.3 Å². The van der Waals surface area contributed by atoms with Crippen LogP contribution in [0.2, 0.25) is 0 Å².